The quantitative estimate of drug-likeness (QED) is 0.752. The molecule has 0 aromatic carbocycles. The highest BCUT2D eigenvalue weighted by atomic mass is 16.8. The number of ether oxygens (including phenoxy) is 5. The molecule has 2 rings (SSSR count). The van der Waals surface area contributed by atoms with Crippen LogP contribution in [0.5, 0.6) is 0 Å². The van der Waals surface area contributed by atoms with Gasteiger partial charge in [-0.25, -0.2) is 9.59 Å². The van der Waals surface area contributed by atoms with Crippen LogP contribution >= 0.6 is 0 Å². The van der Waals surface area contributed by atoms with Crippen molar-refractivity contribution in [3.8, 4) is 0 Å². The van der Waals surface area contributed by atoms with Crippen molar-refractivity contribution in [2.75, 3.05) is 7.11 Å². The molecule has 0 spiro atoms. The standard InChI is InChI=1S/C16H27NO8/c1-15(2,3)25-14(20)17-8(12(18)19)7-9-10(21-6)11-13(22-9)24-16(4,5)23-11/h8-11,13H,7H2,1-6H3,(H,17,20)(H,18,19)/t8-,9?,10?,11?,13?/m0/s1. The minimum absolute atomic E-state index is 0.00671. The largest absolute Gasteiger partial charge is 0.480 e. The number of carbonyl (C=O) groups excluding carboxylic acids is 1. The number of carboxylic acids is 1. The molecule has 0 saturated carbocycles. The predicted octanol–water partition coefficient (Wildman–Crippen LogP) is 1.25. The van der Waals surface area contributed by atoms with E-state index in [-0.39, 0.29) is 6.42 Å². The zero-order valence-corrected chi connectivity index (χ0v) is 15.4. The van der Waals surface area contributed by atoms with E-state index in [9.17, 15) is 14.7 Å². The maximum Gasteiger partial charge on any atom is 0.408 e. The van der Waals surface area contributed by atoms with Gasteiger partial charge in [0.2, 0.25) is 0 Å². The predicted molar refractivity (Wildman–Crippen MR) is 84.9 cm³/mol. The van der Waals surface area contributed by atoms with Crippen LogP contribution in [-0.2, 0) is 28.5 Å². The summed E-state index contributed by atoms with van der Waals surface area (Å²) in [6, 6.07) is -1.19. The van der Waals surface area contributed by atoms with E-state index in [1.54, 1.807) is 34.6 Å². The van der Waals surface area contributed by atoms with Crippen molar-refractivity contribution in [3.63, 3.8) is 0 Å². The van der Waals surface area contributed by atoms with E-state index in [4.69, 9.17) is 23.7 Å². The molecule has 2 saturated heterocycles. The number of amides is 1. The van der Waals surface area contributed by atoms with Gasteiger partial charge in [-0.2, -0.15) is 0 Å². The van der Waals surface area contributed by atoms with Gasteiger partial charge < -0.3 is 34.1 Å². The SMILES string of the molecule is COC1C(C[C@H](NC(=O)OC(C)(C)C)C(=O)O)OC2OC(C)(C)OC21. The van der Waals surface area contributed by atoms with Crippen LogP contribution in [0.25, 0.3) is 0 Å². The van der Waals surface area contributed by atoms with Crippen LogP contribution in [0.15, 0.2) is 0 Å². The summed E-state index contributed by atoms with van der Waals surface area (Å²) in [6.07, 6.45) is -3.02. The van der Waals surface area contributed by atoms with E-state index < -0.39 is 54.1 Å². The van der Waals surface area contributed by atoms with Crippen LogP contribution in [0.2, 0.25) is 0 Å². The summed E-state index contributed by atoms with van der Waals surface area (Å²) in [5.74, 6) is -1.98. The Balaban J connectivity index is 2.00. The van der Waals surface area contributed by atoms with Crippen molar-refractivity contribution in [3.05, 3.63) is 0 Å². The lowest BCUT2D eigenvalue weighted by Gasteiger charge is -2.27. The third kappa shape index (κ3) is 5.04. The summed E-state index contributed by atoms with van der Waals surface area (Å²) in [7, 11) is 1.50. The number of nitrogens with one attached hydrogen (secondary N) is 1. The van der Waals surface area contributed by atoms with E-state index in [2.05, 4.69) is 5.32 Å². The molecule has 2 N–H and O–H groups in total. The Hall–Kier alpha value is -1.42. The Morgan fingerprint density at radius 1 is 1.28 bits per heavy atom. The van der Waals surface area contributed by atoms with Gasteiger partial charge in [-0.05, 0) is 34.6 Å². The normalized spacial score (nSPS) is 32.1. The van der Waals surface area contributed by atoms with Crippen molar-refractivity contribution in [2.45, 2.75) is 83.1 Å². The number of rotatable bonds is 5. The summed E-state index contributed by atoms with van der Waals surface area (Å²) < 4.78 is 27.7. The highest BCUT2D eigenvalue weighted by molar-refractivity contribution is 5.80. The van der Waals surface area contributed by atoms with E-state index in [1.165, 1.54) is 7.11 Å². The van der Waals surface area contributed by atoms with Crippen LogP contribution in [0.1, 0.15) is 41.0 Å². The second-order valence-corrected chi connectivity index (χ2v) is 7.62. The highest BCUT2D eigenvalue weighted by Crippen LogP contribution is 2.39. The number of hydrogen-bond acceptors (Lipinski definition) is 7. The van der Waals surface area contributed by atoms with Gasteiger partial charge in [0, 0.05) is 13.5 Å². The van der Waals surface area contributed by atoms with E-state index >= 15 is 0 Å². The summed E-state index contributed by atoms with van der Waals surface area (Å²) in [5.41, 5.74) is -0.726. The molecular weight excluding hydrogens is 334 g/mol. The van der Waals surface area contributed by atoms with Gasteiger partial charge >= 0.3 is 12.1 Å². The number of carbonyl (C=O) groups is 2. The van der Waals surface area contributed by atoms with Gasteiger partial charge in [0.25, 0.3) is 0 Å². The lowest BCUT2D eigenvalue weighted by molar-refractivity contribution is -0.218. The monoisotopic (exact) mass is 361 g/mol. The first-order valence-corrected chi connectivity index (χ1v) is 8.18. The maximum absolute atomic E-state index is 11.9. The fourth-order valence-electron chi connectivity index (χ4n) is 2.93. The molecule has 25 heavy (non-hydrogen) atoms. The molecule has 9 nitrogen and oxygen atoms in total. The van der Waals surface area contributed by atoms with Crippen molar-refractivity contribution in [2.24, 2.45) is 0 Å². The average molecular weight is 361 g/mol. The molecule has 0 aromatic heterocycles. The first kappa shape index (κ1) is 19.9. The van der Waals surface area contributed by atoms with Gasteiger partial charge in [-0.1, -0.05) is 0 Å². The maximum atomic E-state index is 11.9. The molecule has 1 amide bonds. The van der Waals surface area contributed by atoms with Gasteiger partial charge in [0.1, 0.15) is 23.9 Å². The molecule has 5 atom stereocenters. The lowest BCUT2D eigenvalue weighted by atomic mass is 10.0. The van der Waals surface area contributed by atoms with Crippen LogP contribution in [0, 0.1) is 0 Å². The number of hydrogen-bond donors (Lipinski definition) is 2. The van der Waals surface area contributed by atoms with Crippen LogP contribution < -0.4 is 5.32 Å². The Morgan fingerprint density at radius 3 is 2.44 bits per heavy atom. The Bertz CT molecular complexity index is 515. The summed E-state index contributed by atoms with van der Waals surface area (Å²) in [5, 5.41) is 11.7. The van der Waals surface area contributed by atoms with Crippen molar-refractivity contribution < 1.29 is 38.4 Å². The molecule has 0 bridgehead atoms. The van der Waals surface area contributed by atoms with Gasteiger partial charge in [0.15, 0.2) is 12.1 Å². The fraction of sp³-hybridized carbons (Fsp3) is 0.875. The summed E-state index contributed by atoms with van der Waals surface area (Å²) in [4.78, 5) is 23.4. The number of fused-ring (bicyclic) bond motifs is 1. The number of alkyl carbamates (subject to hydrolysis) is 1. The zero-order valence-electron chi connectivity index (χ0n) is 15.4. The molecule has 0 aliphatic carbocycles. The molecule has 2 aliphatic rings. The van der Waals surface area contributed by atoms with Gasteiger partial charge in [0.05, 0.1) is 6.10 Å². The highest BCUT2D eigenvalue weighted by Gasteiger charge is 2.55. The number of carboxylic acid groups (broad SMARTS) is 1. The van der Waals surface area contributed by atoms with Crippen LogP contribution in [-0.4, -0.2) is 66.3 Å². The number of methoxy groups -OCH3 is 1. The van der Waals surface area contributed by atoms with E-state index in [0.29, 0.717) is 0 Å². The number of aliphatic carboxylic acids is 1. The summed E-state index contributed by atoms with van der Waals surface area (Å²) in [6.45, 7) is 8.62. The Morgan fingerprint density at radius 2 is 1.92 bits per heavy atom. The molecule has 144 valence electrons. The Labute approximate surface area is 146 Å². The fourth-order valence-corrected chi connectivity index (χ4v) is 2.93. The second-order valence-electron chi connectivity index (χ2n) is 7.62. The van der Waals surface area contributed by atoms with Crippen LogP contribution in [0.3, 0.4) is 0 Å². The zero-order chi connectivity index (χ0) is 19.0. The topological polar surface area (TPSA) is 113 Å². The molecule has 2 heterocycles. The molecule has 2 fully saturated rings. The molecule has 0 aromatic rings. The lowest BCUT2D eigenvalue weighted by Crippen LogP contribution is -2.47. The minimum Gasteiger partial charge on any atom is -0.480 e. The molecular formula is C16H27NO8. The first-order chi connectivity index (χ1) is 11.4. The minimum atomic E-state index is -1.19. The first-order valence-electron chi connectivity index (χ1n) is 8.18. The van der Waals surface area contributed by atoms with Gasteiger partial charge in [-0.15, -0.1) is 0 Å². The molecule has 4 unspecified atom stereocenters. The van der Waals surface area contributed by atoms with Crippen molar-refractivity contribution in [1.82, 2.24) is 5.32 Å². The Kier molecular flexibility index (Phi) is 5.62. The molecule has 2 aliphatic heterocycles. The molecule has 0 radical (unpaired) electrons. The van der Waals surface area contributed by atoms with Crippen molar-refractivity contribution in [1.29, 1.82) is 0 Å². The van der Waals surface area contributed by atoms with Crippen LogP contribution in [0.4, 0.5) is 4.79 Å². The van der Waals surface area contributed by atoms with E-state index in [1.807, 2.05) is 0 Å². The average Bonchev–Trinajstić information content (AvgIpc) is 2.86. The van der Waals surface area contributed by atoms with E-state index in [0.717, 1.165) is 0 Å². The van der Waals surface area contributed by atoms with Gasteiger partial charge in [-0.3, -0.25) is 0 Å². The second kappa shape index (κ2) is 7.06. The van der Waals surface area contributed by atoms with Crippen molar-refractivity contribution >= 4 is 12.1 Å². The summed E-state index contributed by atoms with van der Waals surface area (Å²) >= 11 is 0. The molecule has 9 heteroatoms. The third-order valence-corrected chi connectivity index (χ3v) is 3.82. The third-order valence-electron chi connectivity index (χ3n) is 3.82. The smallest absolute Gasteiger partial charge is 0.408 e.